The van der Waals surface area contributed by atoms with Gasteiger partial charge in [-0.25, -0.2) is 0 Å². The van der Waals surface area contributed by atoms with Crippen LogP contribution in [0, 0.1) is 0 Å². The van der Waals surface area contributed by atoms with Gasteiger partial charge in [0, 0.05) is 42.6 Å². The molecule has 1 aliphatic heterocycles. The van der Waals surface area contributed by atoms with Gasteiger partial charge in [-0.3, -0.25) is 9.59 Å². The number of anilines is 3. The molecule has 0 aliphatic carbocycles. The first kappa shape index (κ1) is 28.7. The van der Waals surface area contributed by atoms with Gasteiger partial charge in [0.25, 0.3) is 5.91 Å². The van der Waals surface area contributed by atoms with Crippen molar-refractivity contribution in [2.75, 3.05) is 23.1 Å². The number of nitrogens with zero attached hydrogens (tertiary/aromatic N) is 1. The maximum absolute atomic E-state index is 13.9. The lowest BCUT2D eigenvalue weighted by molar-refractivity contribution is -0.114. The fraction of sp³-hybridized carbons (Fsp3) is 0.257. The van der Waals surface area contributed by atoms with Crippen LogP contribution >= 0.6 is 0 Å². The molecule has 42 heavy (non-hydrogen) atoms. The van der Waals surface area contributed by atoms with E-state index in [-0.39, 0.29) is 23.4 Å². The average Bonchev–Trinajstić information content (AvgIpc) is 2.97. The average molecular weight is 563 g/mol. The summed E-state index contributed by atoms with van der Waals surface area (Å²) in [5.41, 5.74) is 7.45. The highest BCUT2D eigenvalue weighted by molar-refractivity contribution is 6.01. The first-order valence-corrected chi connectivity index (χ1v) is 14.2. The fourth-order valence-corrected chi connectivity index (χ4v) is 5.20. The van der Waals surface area contributed by atoms with E-state index in [2.05, 4.69) is 67.1 Å². The van der Waals surface area contributed by atoms with E-state index in [1.807, 2.05) is 65.6 Å². The van der Waals surface area contributed by atoms with Crippen LogP contribution in [0.4, 0.5) is 17.1 Å². The van der Waals surface area contributed by atoms with Crippen molar-refractivity contribution in [1.29, 1.82) is 0 Å². The number of rotatable bonds is 8. The van der Waals surface area contributed by atoms with E-state index in [0.29, 0.717) is 18.7 Å². The van der Waals surface area contributed by atoms with Crippen molar-refractivity contribution in [3.63, 3.8) is 0 Å². The second-order valence-corrected chi connectivity index (χ2v) is 11.7. The van der Waals surface area contributed by atoms with E-state index in [1.54, 1.807) is 7.11 Å². The van der Waals surface area contributed by atoms with Crippen molar-refractivity contribution in [2.24, 2.45) is 0 Å². The summed E-state index contributed by atoms with van der Waals surface area (Å²) in [6, 6.07) is 29.8. The fourth-order valence-electron chi connectivity index (χ4n) is 5.20. The Bertz CT molecular complexity index is 1570. The molecule has 1 heterocycles. The Labute approximate surface area is 247 Å². The van der Waals surface area contributed by atoms with Gasteiger partial charge in [0.2, 0.25) is 5.91 Å². The summed E-state index contributed by atoms with van der Waals surface area (Å²) in [4.78, 5) is 27.1. The lowest BCUT2D eigenvalue weighted by Gasteiger charge is -2.38. The molecule has 0 aromatic heterocycles. The number of carbonyl (C=O) groups is 2. The van der Waals surface area contributed by atoms with E-state index < -0.39 is 0 Å². The maximum Gasteiger partial charge on any atom is 0.258 e. The quantitative estimate of drug-likeness (QED) is 0.209. The van der Waals surface area contributed by atoms with Crippen LogP contribution in [0.15, 0.2) is 91.0 Å². The molecule has 0 saturated carbocycles. The molecule has 3 N–H and O–H groups in total. The summed E-state index contributed by atoms with van der Waals surface area (Å²) >= 11 is 0. The third-order valence-corrected chi connectivity index (χ3v) is 7.50. The molecule has 7 nitrogen and oxygen atoms in total. The molecule has 216 valence electrons. The Kier molecular flexibility index (Phi) is 8.20. The Balaban J connectivity index is 1.43. The van der Waals surface area contributed by atoms with Gasteiger partial charge in [-0.15, -0.1) is 0 Å². The smallest absolute Gasteiger partial charge is 0.258 e. The minimum Gasteiger partial charge on any atom is -0.496 e. The Hall–Kier alpha value is -4.78. The molecule has 2 amide bonds. The van der Waals surface area contributed by atoms with Gasteiger partial charge in [-0.1, -0.05) is 63.2 Å². The largest absolute Gasteiger partial charge is 0.496 e. The number of ether oxygens (including phenoxy) is 1. The first-order chi connectivity index (χ1) is 20.1. The number of amides is 2. The molecule has 0 radical (unpaired) electrons. The van der Waals surface area contributed by atoms with Crippen LogP contribution in [0.1, 0.15) is 66.5 Å². The van der Waals surface area contributed by atoms with Gasteiger partial charge in [0.1, 0.15) is 11.9 Å². The number of hydrogen-bond acceptors (Lipinski definition) is 5. The molecule has 1 aliphatic rings. The molecule has 1 unspecified atom stereocenters. The van der Waals surface area contributed by atoms with Crippen molar-refractivity contribution < 1.29 is 14.3 Å². The van der Waals surface area contributed by atoms with Gasteiger partial charge in [-0.05, 0) is 70.6 Å². The normalized spacial score (nSPS) is 14.5. The molecule has 7 heteroatoms. The highest BCUT2D eigenvalue weighted by atomic mass is 16.5. The van der Waals surface area contributed by atoms with Gasteiger partial charge in [0.15, 0.2) is 0 Å². The van der Waals surface area contributed by atoms with E-state index >= 15 is 0 Å². The Morgan fingerprint density at radius 3 is 2.29 bits per heavy atom. The molecular weight excluding hydrogens is 524 g/mol. The third kappa shape index (κ3) is 6.41. The lowest BCUT2D eigenvalue weighted by atomic mass is 9.86. The van der Waals surface area contributed by atoms with Gasteiger partial charge in [0.05, 0.1) is 12.7 Å². The zero-order chi connectivity index (χ0) is 29.9. The first-order valence-electron chi connectivity index (χ1n) is 14.2. The highest BCUT2D eigenvalue weighted by Gasteiger charge is 2.33. The predicted molar refractivity (Wildman–Crippen MR) is 169 cm³/mol. The number of fused-ring (bicyclic) bond motifs is 1. The minimum atomic E-state index is -0.365. The summed E-state index contributed by atoms with van der Waals surface area (Å²) in [5, 5.41) is 9.85. The van der Waals surface area contributed by atoms with E-state index in [0.717, 1.165) is 39.5 Å². The van der Waals surface area contributed by atoms with Gasteiger partial charge < -0.3 is 25.6 Å². The number of hydrogen-bond donors (Lipinski definition) is 3. The third-order valence-electron chi connectivity index (χ3n) is 7.50. The van der Waals surface area contributed by atoms with Crippen molar-refractivity contribution in [1.82, 2.24) is 4.90 Å². The van der Waals surface area contributed by atoms with Crippen molar-refractivity contribution >= 4 is 28.9 Å². The molecule has 0 saturated heterocycles. The topological polar surface area (TPSA) is 82.7 Å². The SMILES string of the molecule is COc1ccc(C2Nc3ccccc3C(=O)N2Cc2ccc(C(C)(C)C)cc2)cc1CNc1ccc(NC(C)=O)cc1. The zero-order valence-corrected chi connectivity index (χ0v) is 24.8. The van der Waals surface area contributed by atoms with Crippen LogP contribution in [0.25, 0.3) is 0 Å². The number of para-hydroxylation sites is 1. The van der Waals surface area contributed by atoms with Crippen LogP contribution in [-0.2, 0) is 23.3 Å². The van der Waals surface area contributed by atoms with Crippen LogP contribution in [0.2, 0.25) is 0 Å². The minimum absolute atomic E-state index is 0.0102. The van der Waals surface area contributed by atoms with Crippen molar-refractivity contribution in [2.45, 2.75) is 52.4 Å². The molecule has 4 aromatic rings. The predicted octanol–water partition coefficient (Wildman–Crippen LogP) is 7.33. The van der Waals surface area contributed by atoms with E-state index in [4.69, 9.17) is 4.74 Å². The van der Waals surface area contributed by atoms with Crippen LogP contribution < -0.4 is 20.7 Å². The summed E-state index contributed by atoms with van der Waals surface area (Å²) in [5.74, 6) is 0.641. The Morgan fingerprint density at radius 2 is 1.62 bits per heavy atom. The van der Waals surface area contributed by atoms with Gasteiger partial charge >= 0.3 is 0 Å². The number of carbonyl (C=O) groups excluding carboxylic acids is 2. The van der Waals surface area contributed by atoms with Gasteiger partial charge in [-0.2, -0.15) is 0 Å². The van der Waals surface area contributed by atoms with Crippen molar-refractivity contribution in [3.05, 3.63) is 119 Å². The van der Waals surface area contributed by atoms with Crippen LogP contribution in [0.5, 0.6) is 5.75 Å². The number of benzene rings is 4. The second kappa shape index (κ2) is 12.0. The second-order valence-electron chi connectivity index (χ2n) is 11.7. The summed E-state index contributed by atoms with van der Waals surface area (Å²) < 4.78 is 5.69. The Morgan fingerprint density at radius 1 is 0.929 bits per heavy atom. The molecule has 0 spiro atoms. The summed E-state index contributed by atoms with van der Waals surface area (Å²) in [6.07, 6.45) is -0.365. The summed E-state index contributed by atoms with van der Waals surface area (Å²) in [6.45, 7) is 9.07. The molecule has 5 rings (SSSR count). The summed E-state index contributed by atoms with van der Waals surface area (Å²) in [7, 11) is 1.66. The standard InChI is InChI=1S/C35H38N4O3/c1-23(40)37-29-17-15-28(16-18-29)36-21-26-20-25(12-19-32(26)42-5)33-38-31-9-7-6-8-30(31)34(41)39(33)22-24-10-13-27(14-11-24)35(2,3)4/h6-20,33,36,38H,21-22H2,1-5H3,(H,37,40). The lowest BCUT2D eigenvalue weighted by Crippen LogP contribution is -2.42. The molecular formula is C35H38N4O3. The molecule has 1 atom stereocenters. The van der Waals surface area contributed by atoms with E-state index in [9.17, 15) is 9.59 Å². The molecule has 4 aromatic carbocycles. The van der Waals surface area contributed by atoms with Crippen LogP contribution in [-0.4, -0.2) is 23.8 Å². The monoisotopic (exact) mass is 562 g/mol. The molecule has 0 fully saturated rings. The zero-order valence-electron chi connectivity index (χ0n) is 24.8. The number of nitrogens with one attached hydrogen (secondary N) is 3. The number of methoxy groups -OCH3 is 1. The van der Waals surface area contributed by atoms with E-state index in [1.165, 1.54) is 12.5 Å². The molecule has 0 bridgehead atoms. The highest BCUT2D eigenvalue weighted by Crippen LogP contribution is 2.36. The van der Waals surface area contributed by atoms with Crippen LogP contribution in [0.3, 0.4) is 0 Å². The maximum atomic E-state index is 13.9. The van der Waals surface area contributed by atoms with Crippen molar-refractivity contribution in [3.8, 4) is 5.75 Å².